The smallest absolute Gasteiger partial charge is 0.0759 e. The van der Waals surface area contributed by atoms with Gasteiger partial charge < -0.3 is 0 Å². The summed E-state index contributed by atoms with van der Waals surface area (Å²) in [5.74, 6) is 0.0647. The molecule has 0 saturated carbocycles. The summed E-state index contributed by atoms with van der Waals surface area (Å²) in [4.78, 5) is 0. The van der Waals surface area contributed by atoms with Gasteiger partial charge in [-0.3, -0.25) is 0 Å². The third-order valence-electron chi connectivity index (χ3n) is 5.70. The van der Waals surface area contributed by atoms with Crippen LogP contribution in [0.15, 0.2) is 103 Å². The van der Waals surface area contributed by atoms with E-state index in [0.29, 0.717) is 0 Å². The molecule has 0 amide bonds. The molecule has 3 aromatic rings. The molecule has 0 nitrogen and oxygen atoms in total. The van der Waals surface area contributed by atoms with Gasteiger partial charge in [-0.2, -0.15) is 0 Å². The Morgan fingerprint density at radius 2 is 1.31 bits per heavy atom. The minimum atomic E-state index is -0.303. The highest BCUT2D eigenvalue weighted by Gasteiger charge is 2.48. The van der Waals surface area contributed by atoms with Crippen molar-refractivity contribution in [2.75, 3.05) is 0 Å². The minimum absolute atomic E-state index is 0.0647. The lowest BCUT2D eigenvalue weighted by Gasteiger charge is -2.35. The van der Waals surface area contributed by atoms with Gasteiger partial charge in [0.2, 0.25) is 0 Å². The highest BCUT2D eigenvalue weighted by Crippen LogP contribution is 2.58. The highest BCUT2D eigenvalue weighted by atomic mass is 14.5. The topological polar surface area (TPSA) is 0 Å². The van der Waals surface area contributed by atoms with Gasteiger partial charge in [0.25, 0.3) is 0 Å². The molecule has 0 bridgehead atoms. The molecule has 0 fully saturated rings. The molecule has 3 aromatic carbocycles. The van der Waals surface area contributed by atoms with E-state index in [0.717, 1.165) is 6.42 Å². The second-order valence-corrected chi connectivity index (χ2v) is 7.13. The van der Waals surface area contributed by atoms with Crippen LogP contribution in [0.25, 0.3) is 5.57 Å². The summed E-state index contributed by atoms with van der Waals surface area (Å²) in [6.45, 7) is 0. The average molecular weight is 330 g/mol. The number of rotatable bonds is 2. The van der Waals surface area contributed by atoms with Gasteiger partial charge in [-0.05, 0) is 39.8 Å². The van der Waals surface area contributed by atoms with E-state index in [9.17, 15) is 0 Å². The van der Waals surface area contributed by atoms with Crippen molar-refractivity contribution < 1.29 is 0 Å². The van der Waals surface area contributed by atoms with Gasteiger partial charge in [0.1, 0.15) is 0 Å². The molecule has 2 radical (unpaired) electrons. The van der Waals surface area contributed by atoms with Crippen LogP contribution in [-0.4, -0.2) is 7.85 Å². The quantitative estimate of drug-likeness (QED) is 0.528. The Morgan fingerprint density at radius 1 is 0.731 bits per heavy atom. The normalized spacial score (nSPS) is 19.9. The SMILES string of the molecule is [B]C1C=C2C(=CC1)c1ccccc1C2(c1ccccc1)c1ccccc1. The zero-order valence-corrected chi connectivity index (χ0v) is 14.6. The summed E-state index contributed by atoms with van der Waals surface area (Å²) >= 11 is 0. The van der Waals surface area contributed by atoms with E-state index >= 15 is 0 Å². The monoisotopic (exact) mass is 330 g/mol. The maximum Gasteiger partial charge on any atom is 0.0759 e. The largest absolute Gasteiger partial charge is 0.0844 e. The molecule has 1 unspecified atom stereocenters. The number of allylic oxidation sites excluding steroid dienone is 4. The van der Waals surface area contributed by atoms with Crippen LogP contribution in [0.4, 0.5) is 0 Å². The summed E-state index contributed by atoms with van der Waals surface area (Å²) in [6, 6.07) is 30.5. The van der Waals surface area contributed by atoms with Crippen molar-refractivity contribution in [2.24, 2.45) is 0 Å². The van der Waals surface area contributed by atoms with Crippen LogP contribution in [-0.2, 0) is 5.41 Å². The lowest BCUT2D eigenvalue weighted by molar-refractivity contribution is 0.758. The number of hydrogen-bond acceptors (Lipinski definition) is 0. The lowest BCUT2D eigenvalue weighted by atomic mass is 9.65. The third kappa shape index (κ3) is 2.04. The van der Waals surface area contributed by atoms with Crippen molar-refractivity contribution in [3.05, 3.63) is 125 Å². The van der Waals surface area contributed by atoms with E-state index in [1.165, 1.54) is 33.4 Å². The minimum Gasteiger partial charge on any atom is -0.0844 e. The predicted molar refractivity (Wildman–Crippen MR) is 109 cm³/mol. The highest BCUT2D eigenvalue weighted by molar-refractivity contribution is 6.14. The van der Waals surface area contributed by atoms with Crippen molar-refractivity contribution in [3.8, 4) is 0 Å². The van der Waals surface area contributed by atoms with Crippen molar-refractivity contribution in [1.29, 1.82) is 0 Å². The van der Waals surface area contributed by atoms with E-state index in [1.54, 1.807) is 0 Å². The molecule has 1 atom stereocenters. The van der Waals surface area contributed by atoms with Gasteiger partial charge >= 0.3 is 0 Å². The summed E-state index contributed by atoms with van der Waals surface area (Å²) in [5, 5.41) is 0. The molecule has 2 aliphatic rings. The molecule has 5 rings (SSSR count). The fourth-order valence-electron chi connectivity index (χ4n) is 4.67. The molecule has 26 heavy (non-hydrogen) atoms. The molecule has 2 aliphatic carbocycles. The first-order chi connectivity index (χ1) is 12.8. The Kier molecular flexibility index (Phi) is 3.50. The first kappa shape index (κ1) is 15.5. The van der Waals surface area contributed by atoms with Crippen molar-refractivity contribution >= 4 is 13.4 Å². The van der Waals surface area contributed by atoms with Gasteiger partial charge in [0.05, 0.1) is 13.3 Å². The summed E-state index contributed by atoms with van der Waals surface area (Å²) < 4.78 is 0. The molecular weight excluding hydrogens is 311 g/mol. The molecule has 0 aromatic heterocycles. The van der Waals surface area contributed by atoms with E-state index in [1.807, 2.05) is 0 Å². The lowest BCUT2D eigenvalue weighted by Crippen LogP contribution is -2.29. The molecular formula is C25H19B. The van der Waals surface area contributed by atoms with Crippen LogP contribution in [0, 0.1) is 0 Å². The van der Waals surface area contributed by atoms with Crippen molar-refractivity contribution in [2.45, 2.75) is 17.7 Å². The second kappa shape index (κ2) is 5.88. The summed E-state index contributed by atoms with van der Waals surface area (Å²) in [7, 11) is 6.38. The third-order valence-corrected chi connectivity index (χ3v) is 5.70. The molecule has 122 valence electrons. The molecule has 0 N–H and O–H groups in total. The fraction of sp³-hybridized carbons (Fsp3) is 0.120. The Morgan fingerprint density at radius 3 is 1.96 bits per heavy atom. The van der Waals surface area contributed by atoms with E-state index in [-0.39, 0.29) is 11.2 Å². The average Bonchev–Trinajstić information content (AvgIpc) is 3.00. The van der Waals surface area contributed by atoms with E-state index in [4.69, 9.17) is 7.85 Å². The Balaban J connectivity index is 1.94. The van der Waals surface area contributed by atoms with E-state index in [2.05, 4.69) is 97.1 Å². The first-order valence-electron chi connectivity index (χ1n) is 9.21. The van der Waals surface area contributed by atoms with Crippen LogP contribution < -0.4 is 0 Å². The number of fused-ring (bicyclic) bond motifs is 3. The van der Waals surface area contributed by atoms with Gasteiger partial charge in [-0.25, -0.2) is 0 Å². The maximum absolute atomic E-state index is 6.38. The number of benzene rings is 3. The van der Waals surface area contributed by atoms with Gasteiger partial charge in [-0.1, -0.05) is 103 Å². The standard InChI is InChI=1S/C25H19B/c26-20-15-16-22-21-13-7-8-14-23(21)25(24(22)17-20,18-9-3-1-4-10-18)19-11-5-2-6-12-19/h1-14,16-17,20H,15H2. The molecule has 0 saturated heterocycles. The molecule has 0 spiro atoms. The Bertz CT molecular complexity index is 973. The maximum atomic E-state index is 6.38. The van der Waals surface area contributed by atoms with Crippen molar-refractivity contribution in [3.63, 3.8) is 0 Å². The number of hydrogen-bond donors (Lipinski definition) is 0. The van der Waals surface area contributed by atoms with Crippen LogP contribution in [0.3, 0.4) is 0 Å². The first-order valence-corrected chi connectivity index (χ1v) is 9.21. The van der Waals surface area contributed by atoms with Crippen LogP contribution in [0.5, 0.6) is 0 Å². The van der Waals surface area contributed by atoms with Gasteiger partial charge in [-0.15, -0.1) is 0 Å². The molecule has 1 heteroatoms. The van der Waals surface area contributed by atoms with Crippen LogP contribution in [0.1, 0.15) is 28.7 Å². The zero-order valence-electron chi connectivity index (χ0n) is 14.6. The van der Waals surface area contributed by atoms with Gasteiger partial charge in [0, 0.05) is 0 Å². The predicted octanol–water partition coefficient (Wildman–Crippen LogP) is 5.71. The Hall–Kier alpha value is -2.80. The molecule has 0 aliphatic heterocycles. The Labute approximate surface area is 156 Å². The van der Waals surface area contributed by atoms with E-state index < -0.39 is 0 Å². The fourth-order valence-corrected chi connectivity index (χ4v) is 4.67. The molecule has 0 heterocycles. The second-order valence-electron chi connectivity index (χ2n) is 7.13. The summed E-state index contributed by atoms with van der Waals surface area (Å²) in [5.41, 5.74) is 7.64. The van der Waals surface area contributed by atoms with Crippen LogP contribution in [0.2, 0.25) is 5.82 Å². The van der Waals surface area contributed by atoms with Crippen molar-refractivity contribution in [1.82, 2.24) is 0 Å². The van der Waals surface area contributed by atoms with Crippen LogP contribution >= 0.6 is 0 Å². The summed E-state index contributed by atoms with van der Waals surface area (Å²) in [6.07, 6.45) is 5.51. The zero-order chi connectivity index (χ0) is 17.6. The van der Waals surface area contributed by atoms with Gasteiger partial charge in [0.15, 0.2) is 0 Å².